The fourth-order valence-electron chi connectivity index (χ4n) is 3.03. The number of hydrogen-bond acceptors (Lipinski definition) is 4. The molecular formula is C19H30N2O3. The van der Waals surface area contributed by atoms with Crippen molar-refractivity contribution in [3.8, 4) is 0 Å². The minimum Gasteiger partial charge on any atom is -0.373 e. The van der Waals surface area contributed by atoms with Crippen molar-refractivity contribution in [1.82, 2.24) is 10.2 Å². The number of ether oxygens (including phenoxy) is 2. The Kier molecular flexibility index (Phi) is 7.21. The molecule has 24 heavy (non-hydrogen) atoms. The maximum atomic E-state index is 11.8. The predicted octanol–water partition coefficient (Wildman–Crippen LogP) is 2.34. The summed E-state index contributed by atoms with van der Waals surface area (Å²) in [7, 11) is 0. The van der Waals surface area contributed by atoms with Gasteiger partial charge in [0, 0.05) is 26.2 Å². The lowest BCUT2D eigenvalue weighted by Gasteiger charge is -2.35. The Balaban J connectivity index is 1.91. The number of nitrogens with one attached hydrogen (secondary N) is 1. The third kappa shape index (κ3) is 6.23. The van der Waals surface area contributed by atoms with Gasteiger partial charge in [-0.3, -0.25) is 9.69 Å². The highest BCUT2D eigenvalue weighted by Gasteiger charge is 2.22. The van der Waals surface area contributed by atoms with Crippen molar-refractivity contribution in [2.75, 3.05) is 19.7 Å². The molecule has 5 heteroatoms. The number of carbonyl (C=O) groups excluding carboxylic acids is 1. The van der Waals surface area contributed by atoms with Crippen molar-refractivity contribution in [3.63, 3.8) is 0 Å². The molecule has 0 aromatic heterocycles. The van der Waals surface area contributed by atoms with E-state index < -0.39 is 0 Å². The van der Waals surface area contributed by atoms with E-state index >= 15 is 0 Å². The molecule has 1 aliphatic heterocycles. The molecule has 1 saturated heterocycles. The van der Waals surface area contributed by atoms with Gasteiger partial charge in [0.05, 0.1) is 18.3 Å². The molecule has 1 heterocycles. The van der Waals surface area contributed by atoms with Gasteiger partial charge in [0.15, 0.2) is 0 Å². The Morgan fingerprint density at radius 1 is 1.25 bits per heavy atom. The maximum Gasteiger partial charge on any atom is 0.246 e. The SMILES string of the molecule is CC(C)OCC(=O)NCc1ccccc1CN1C[C@@H](C)O[C@H](C)C1. The molecule has 1 aliphatic rings. The van der Waals surface area contributed by atoms with Crippen LogP contribution in [0.4, 0.5) is 0 Å². The molecule has 1 aromatic carbocycles. The second kappa shape index (κ2) is 9.16. The number of rotatable bonds is 7. The molecule has 2 rings (SSSR count). The molecule has 1 fully saturated rings. The van der Waals surface area contributed by atoms with Gasteiger partial charge in [-0.25, -0.2) is 0 Å². The summed E-state index contributed by atoms with van der Waals surface area (Å²) in [6, 6.07) is 8.28. The van der Waals surface area contributed by atoms with Crippen molar-refractivity contribution in [1.29, 1.82) is 0 Å². The van der Waals surface area contributed by atoms with Crippen LogP contribution in [-0.4, -0.2) is 48.8 Å². The van der Waals surface area contributed by atoms with Gasteiger partial charge in [0.2, 0.25) is 5.91 Å². The van der Waals surface area contributed by atoms with Crippen LogP contribution in [0.1, 0.15) is 38.8 Å². The number of hydrogen-bond donors (Lipinski definition) is 1. The zero-order valence-electron chi connectivity index (χ0n) is 15.2. The van der Waals surface area contributed by atoms with Crippen LogP contribution in [0.25, 0.3) is 0 Å². The van der Waals surface area contributed by atoms with Gasteiger partial charge in [-0.1, -0.05) is 24.3 Å². The number of morpholine rings is 1. The molecule has 0 spiro atoms. The molecule has 1 aromatic rings. The quantitative estimate of drug-likeness (QED) is 0.831. The summed E-state index contributed by atoms with van der Waals surface area (Å²) in [6.45, 7) is 11.5. The van der Waals surface area contributed by atoms with Gasteiger partial charge < -0.3 is 14.8 Å². The van der Waals surface area contributed by atoms with Crippen LogP contribution < -0.4 is 5.32 Å². The van der Waals surface area contributed by atoms with Crippen molar-refractivity contribution < 1.29 is 14.3 Å². The number of carbonyl (C=O) groups is 1. The molecule has 0 saturated carbocycles. The normalized spacial score (nSPS) is 21.9. The van der Waals surface area contributed by atoms with Crippen LogP contribution in [0.3, 0.4) is 0 Å². The summed E-state index contributed by atoms with van der Waals surface area (Å²) in [6.07, 6.45) is 0.580. The summed E-state index contributed by atoms with van der Waals surface area (Å²) in [4.78, 5) is 14.3. The van der Waals surface area contributed by atoms with Crippen molar-refractivity contribution >= 4 is 5.91 Å². The van der Waals surface area contributed by atoms with E-state index in [-0.39, 0.29) is 30.8 Å². The molecule has 134 valence electrons. The van der Waals surface area contributed by atoms with E-state index in [1.54, 1.807) is 0 Å². The van der Waals surface area contributed by atoms with Gasteiger partial charge >= 0.3 is 0 Å². The van der Waals surface area contributed by atoms with Crippen molar-refractivity contribution in [2.45, 2.75) is 59.1 Å². The number of benzene rings is 1. The zero-order valence-corrected chi connectivity index (χ0v) is 15.2. The molecule has 2 atom stereocenters. The average Bonchev–Trinajstić information content (AvgIpc) is 2.51. The highest BCUT2D eigenvalue weighted by atomic mass is 16.5. The van der Waals surface area contributed by atoms with Crippen LogP contribution in [-0.2, 0) is 27.4 Å². The lowest BCUT2D eigenvalue weighted by atomic mass is 10.1. The highest BCUT2D eigenvalue weighted by molar-refractivity contribution is 5.77. The lowest BCUT2D eigenvalue weighted by molar-refractivity contribution is -0.127. The van der Waals surface area contributed by atoms with Gasteiger partial charge in [-0.15, -0.1) is 0 Å². The molecule has 1 N–H and O–H groups in total. The number of amides is 1. The van der Waals surface area contributed by atoms with E-state index in [2.05, 4.69) is 42.3 Å². The Bertz CT molecular complexity index is 523. The Morgan fingerprint density at radius 3 is 2.50 bits per heavy atom. The van der Waals surface area contributed by atoms with Crippen LogP contribution in [0.2, 0.25) is 0 Å². The summed E-state index contributed by atoms with van der Waals surface area (Å²) < 4.78 is 11.1. The zero-order chi connectivity index (χ0) is 17.5. The van der Waals surface area contributed by atoms with E-state index in [1.807, 2.05) is 19.9 Å². The molecular weight excluding hydrogens is 304 g/mol. The van der Waals surface area contributed by atoms with Crippen molar-refractivity contribution in [2.24, 2.45) is 0 Å². The monoisotopic (exact) mass is 334 g/mol. The van der Waals surface area contributed by atoms with E-state index in [9.17, 15) is 4.79 Å². The highest BCUT2D eigenvalue weighted by Crippen LogP contribution is 2.17. The summed E-state index contributed by atoms with van der Waals surface area (Å²) >= 11 is 0. The molecule has 0 aliphatic carbocycles. The second-order valence-corrected chi connectivity index (χ2v) is 6.86. The first kappa shape index (κ1) is 18.9. The van der Waals surface area contributed by atoms with Gasteiger partial charge in [0.1, 0.15) is 6.61 Å². The first-order chi connectivity index (χ1) is 11.4. The fourth-order valence-corrected chi connectivity index (χ4v) is 3.03. The van der Waals surface area contributed by atoms with Crippen LogP contribution >= 0.6 is 0 Å². The third-order valence-electron chi connectivity index (χ3n) is 4.03. The molecule has 0 radical (unpaired) electrons. The maximum absolute atomic E-state index is 11.8. The minimum atomic E-state index is -0.0767. The Morgan fingerprint density at radius 2 is 1.88 bits per heavy atom. The van der Waals surface area contributed by atoms with Crippen molar-refractivity contribution in [3.05, 3.63) is 35.4 Å². The predicted molar refractivity (Wildman–Crippen MR) is 94.7 cm³/mol. The molecule has 0 bridgehead atoms. The van der Waals surface area contributed by atoms with E-state index in [4.69, 9.17) is 9.47 Å². The van der Waals surface area contributed by atoms with Gasteiger partial charge in [0.25, 0.3) is 0 Å². The van der Waals surface area contributed by atoms with E-state index in [0.717, 1.165) is 25.2 Å². The lowest BCUT2D eigenvalue weighted by Crippen LogP contribution is -2.45. The van der Waals surface area contributed by atoms with E-state index in [1.165, 1.54) is 5.56 Å². The fraction of sp³-hybridized carbons (Fsp3) is 0.632. The van der Waals surface area contributed by atoms with Crippen LogP contribution in [0.5, 0.6) is 0 Å². The van der Waals surface area contributed by atoms with Crippen LogP contribution in [0.15, 0.2) is 24.3 Å². The minimum absolute atomic E-state index is 0.0633. The largest absolute Gasteiger partial charge is 0.373 e. The first-order valence-electron chi connectivity index (χ1n) is 8.77. The standard InChI is InChI=1S/C19H30N2O3/c1-14(2)23-13-19(22)20-9-17-7-5-6-8-18(17)12-21-10-15(3)24-16(4)11-21/h5-8,14-16H,9-13H2,1-4H3,(H,20,22)/t15-,16-/m1/s1. The van der Waals surface area contributed by atoms with E-state index in [0.29, 0.717) is 6.54 Å². The first-order valence-corrected chi connectivity index (χ1v) is 8.77. The van der Waals surface area contributed by atoms with Gasteiger partial charge in [-0.05, 0) is 38.8 Å². The van der Waals surface area contributed by atoms with Gasteiger partial charge in [-0.2, -0.15) is 0 Å². The summed E-state index contributed by atoms with van der Waals surface area (Å²) in [5.41, 5.74) is 2.41. The molecule has 5 nitrogen and oxygen atoms in total. The summed E-state index contributed by atoms with van der Waals surface area (Å²) in [5.74, 6) is -0.0767. The second-order valence-electron chi connectivity index (χ2n) is 6.86. The number of nitrogens with zero attached hydrogens (tertiary/aromatic N) is 1. The molecule has 0 unspecified atom stereocenters. The Hall–Kier alpha value is -1.43. The Labute approximate surface area is 145 Å². The van der Waals surface area contributed by atoms with Crippen LogP contribution in [0, 0.1) is 0 Å². The topological polar surface area (TPSA) is 50.8 Å². The third-order valence-corrected chi connectivity index (χ3v) is 4.03. The smallest absolute Gasteiger partial charge is 0.246 e. The summed E-state index contributed by atoms with van der Waals surface area (Å²) in [5, 5.41) is 2.94. The molecule has 1 amide bonds. The average molecular weight is 334 g/mol.